The summed E-state index contributed by atoms with van der Waals surface area (Å²) >= 11 is 6.32. The zero-order chi connectivity index (χ0) is 19.5. The molecule has 27 heavy (non-hydrogen) atoms. The van der Waals surface area contributed by atoms with Gasteiger partial charge >= 0.3 is 5.69 Å². The van der Waals surface area contributed by atoms with E-state index in [-0.39, 0.29) is 0 Å². The third kappa shape index (κ3) is 2.48. The zero-order valence-corrected chi connectivity index (χ0v) is 16.2. The summed E-state index contributed by atoms with van der Waals surface area (Å²) in [4.78, 5) is 33.9. The molecule has 2 N–H and O–H groups in total. The fourth-order valence-corrected chi connectivity index (χ4v) is 4.03. The molecule has 1 aliphatic rings. The molecule has 0 aliphatic carbocycles. The molecule has 8 nitrogen and oxygen atoms in total. The van der Waals surface area contributed by atoms with E-state index in [1.165, 1.54) is 4.57 Å². The molecule has 0 saturated carbocycles. The van der Waals surface area contributed by atoms with E-state index < -0.39 is 17.6 Å². The normalized spacial score (nSPS) is 16.4. The lowest BCUT2D eigenvalue weighted by atomic mass is 10.1. The van der Waals surface area contributed by atoms with E-state index in [2.05, 4.69) is 9.97 Å². The summed E-state index contributed by atoms with van der Waals surface area (Å²) in [7, 11) is 4.97. The smallest absolute Gasteiger partial charge is 0.329 e. The molecule has 0 bridgehead atoms. The van der Waals surface area contributed by atoms with Crippen LogP contribution in [0.1, 0.15) is 11.3 Å². The number of H-pyrrole nitrogens is 2. The number of methoxy groups -OCH3 is 1. The summed E-state index contributed by atoms with van der Waals surface area (Å²) in [6, 6.07) is 5.76. The van der Waals surface area contributed by atoms with E-state index in [0.29, 0.717) is 23.1 Å². The molecule has 4 rings (SSSR count). The zero-order valence-electron chi connectivity index (χ0n) is 15.5. The fourth-order valence-electron chi connectivity index (χ4n) is 3.81. The second-order valence-corrected chi connectivity index (χ2v) is 7.09. The van der Waals surface area contributed by atoms with Crippen molar-refractivity contribution in [1.82, 2.24) is 14.5 Å². The molecule has 1 aliphatic heterocycles. The Kier molecular flexibility index (Phi) is 4.05. The molecule has 142 valence electrons. The van der Waals surface area contributed by atoms with Crippen LogP contribution in [0.2, 0.25) is 5.02 Å². The number of para-hydroxylation sites is 1. The van der Waals surface area contributed by atoms with Crippen molar-refractivity contribution in [2.75, 3.05) is 24.0 Å². The van der Waals surface area contributed by atoms with Crippen molar-refractivity contribution in [3.63, 3.8) is 0 Å². The Balaban J connectivity index is 1.88. The van der Waals surface area contributed by atoms with E-state index >= 15 is 0 Å². The summed E-state index contributed by atoms with van der Waals surface area (Å²) < 4.78 is 7.05. The Hall–Kier alpha value is -2.71. The van der Waals surface area contributed by atoms with Gasteiger partial charge in [-0.1, -0.05) is 23.7 Å². The Morgan fingerprint density at radius 2 is 1.96 bits per heavy atom. The maximum Gasteiger partial charge on any atom is 0.329 e. The van der Waals surface area contributed by atoms with Crippen molar-refractivity contribution in [3.8, 4) is 0 Å². The lowest BCUT2D eigenvalue weighted by Crippen LogP contribution is -2.43. The van der Waals surface area contributed by atoms with Crippen LogP contribution < -0.4 is 21.0 Å². The number of benzene rings is 1. The minimum atomic E-state index is -0.518. The fraction of sp³-hybridized carbons (Fsp3) is 0.333. The highest BCUT2D eigenvalue weighted by Gasteiger charge is 2.38. The molecule has 9 heteroatoms. The van der Waals surface area contributed by atoms with Gasteiger partial charge in [-0.05, 0) is 18.6 Å². The monoisotopic (exact) mass is 389 g/mol. The highest BCUT2D eigenvalue weighted by molar-refractivity contribution is 6.35. The molecule has 2 aromatic heterocycles. The van der Waals surface area contributed by atoms with Gasteiger partial charge in [0, 0.05) is 32.3 Å². The van der Waals surface area contributed by atoms with Crippen LogP contribution in [0, 0.1) is 6.92 Å². The van der Waals surface area contributed by atoms with Crippen molar-refractivity contribution in [2.45, 2.75) is 19.8 Å². The number of halogens is 1. The number of hydrogen-bond acceptors (Lipinski definition) is 5. The van der Waals surface area contributed by atoms with Crippen LogP contribution in [0.3, 0.4) is 0 Å². The number of aromatic amines is 2. The third-order valence-electron chi connectivity index (χ3n) is 5.18. The Labute approximate surface area is 159 Å². The van der Waals surface area contributed by atoms with Crippen molar-refractivity contribution < 1.29 is 4.74 Å². The first-order valence-corrected chi connectivity index (χ1v) is 8.84. The van der Waals surface area contributed by atoms with Crippen LogP contribution in [0.5, 0.6) is 0 Å². The van der Waals surface area contributed by atoms with Crippen LogP contribution in [-0.4, -0.2) is 35.0 Å². The van der Waals surface area contributed by atoms with Gasteiger partial charge in [0.05, 0.1) is 17.1 Å². The van der Waals surface area contributed by atoms with Gasteiger partial charge < -0.3 is 19.5 Å². The van der Waals surface area contributed by atoms with E-state index in [1.807, 2.05) is 30.0 Å². The van der Waals surface area contributed by atoms with Crippen LogP contribution in [0.15, 0.2) is 27.8 Å². The molecule has 0 radical (unpaired) electrons. The maximum absolute atomic E-state index is 12.4. The molecular formula is C18H20ClN5O3. The van der Waals surface area contributed by atoms with Gasteiger partial charge in [0.15, 0.2) is 0 Å². The second kappa shape index (κ2) is 6.17. The molecular weight excluding hydrogens is 370 g/mol. The van der Waals surface area contributed by atoms with E-state index in [4.69, 9.17) is 16.3 Å². The highest BCUT2D eigenvalue weighted by Crippen LogP contribution is 2.37. The lowest BCUT2D eigenvalue weighted by Gasteiger charge is -2.29. The topological polar surface area (TPSA) is 86.4 Å². The molecule has 0 fully saturated rings. The maximum atomic E-state index is 12.4. The van der Waals surface area contributed by atoms with E-state index in [1.54, 1.807) is 26.1 Å². The number of fused-ring (bicyclic) bond motifs is 2. The number of nitrogens with one attached hydrogen (secondary N) is 2. The average molecular weight is 390 g/mol. The molecule has 1 aromatic carbocycles. The molecule has 0 amide bonds. The summed E-state index contributed by atoms with van der Waals surface area (Å²) in [5, 5.41) is 1.69. The molecule has 0 spiro atoms. The number of nitrogens with zero attached hydrogens (tertiary/aromatic N) is 3. The first kappa shape index (κ1) is 17.7. The molecule has 1 atom stereocenters. The molecule has 3 aromatic rings. The third-order valence-corrected chi connectivity index (χ3v) is 5.49. The van der Waals surface area contributed by atoms with Gasteiger partial charge in [0.1, 0.15) is 11.5 Å². The summed E-state index contributed by atoms with van der Waals surface area (Å²) in [5.41, 5.74) is 2.37. The first-order valence-electron chi connectivity index (χ1n) is 8.46. The Bertz CT molecular complexity index is 1160. The summed E-state index contributed by atoms with van der Waals surface area (Å²) in [6.07, 6.45) is -0.518. The minimum Gasteiger partial charge on any atom is -0.355 e. The lowest BCUT2D eigenvalue weighted by molar-refractivity contribution is 0.104. The van der Waals surface area contributed by atoms with Crippen LogP contribution in [-0.2, 0) is 18.3 Å². The number of aromatic nitrogens is 3. The van der Waals surface area contributed by atoms with Gasteiger partial charge in [0.25, 0.3) is 5.56 Å². The predicted octanol–water partition coefficient (Wildman–Crippen LogP) is 1.90. The SMILES string of the molecule is COC1N(C)c2c(n(C)c(=O)[nH]c2=O)N1Cc1[nH]c2c(Cl)cccc2c1C. The Morgan fingerprint density at radius 1 is 1.22 bits per heavy atom. The van der Waals surface area contributed by atoms with Gasteiger partial charge in [-0.3, -0.25) is 14.3 Å². The molecule has 3 heterocycles. The van der Waals surface area contributed by atoms with Crippen molar-refractivity contribution in [3.05, 3.63) is 55.3 Å². The summed E-state index contributed by atoms with van der Waals surface area (Å²) in [6.45, 7) is 2.44. The number of aryl methyl sites for hydroxylation is 1. The molecule has 1 unspecified atom stereocenters. The largest absolute Gasteiger partial charge is 0.355 e. The van der Waals surface area contributed by atoms with Crippen LogP contribution in [0.4, 0.5) is 11.5 Å². The van der Waals surface area contributed by atoms with Gasteiger partial charge in [-0.2, -0.15) is 0 Å². The van der Waals surface area contributed by atoms with E-state index in [0.717, 1.165) is 22.2 Å². The minimum absolute atomic E-state index is 0.399. The second-order valence-electron chi connectivity index (χ2n) is 6.68. The van der Waals surface area contributed by atoms with E-state index in [9.17, 15) is 9.59 Å². The standard InChI is InChI=1S/C18H20ClN5O3/c1-9-10-6-5-7-11(19)13(10)20-12(9)8-24-16-14(22(2)18(24)27-4)15(25)21-17(26)23(16)3/h5-7,18,20H,8H2,1-4H3,(H,21,25,26). The van der Waals surface area contributed by atoms with Crippen LogP contribution in [0.25, 0.3) is 10.9 Å². The average Bonchev–Trinajstić information content (AvgIpc) is 3.10. The van der Waals surface area contributed by atoms with Gasteiger partial charge in [0.2, 0.25) is 6.35 Å². The molecule has 0 saturated heterocycles. The van der Waals surface area contributed by atoms with Gasteiger partial charge in [-0.15, -0.1) is 0 Å². The quantitative estimate of drug-likeness (QED) is 0.714. The van der Waals surface area contributed by atoms with Crippen molar-refractivity contribution in [2.24, 2.45) is 7.05 Å². The number of hydrogen-bond donors (Lipinski definition) is 2. The Morgan fingerprint density at radius 3 is 2.63 bits per heavy atom. The first-order chi connectivity index (χ1) is 12.8. The predicted molar refractivity (Wildman–Crippen MR) is 106 cm³/mol. The number of anilines is 2. The number of rotatable bonds is 3. The van der Waals surface area contributed by atoms with Crippen LogP contribution >= 0.6 is 11.6 Å². The van der Waals surface area contributed by atoms with Crippen molar-refractivity contribution in [1.29, 1.82) is 0 Å². The summed E-state index contributed by atoms with van der Waals surface area (Å²) in [5.74, 6) is 0.516. The van der Waals surface area contributed by atoms with Gasteiger partial charge in [-0.25, -0.2) is 4.79 Å². The van der Waals surface area contributed by atoms with Crippen molar-refractivity contribution >= 4 is 34.0 Å². The highest BCUT2D eigenvalue weighted by atomic mass is 35.5. The number of ether oxygens (including phenoxy) is 1.